The van der Waals surface area contributed by atoms with E-state index in [1.54, 1.807) is 36.4 Å². The van der Waals surface area contributed by atoms with Gasteiger partial charge in [-0.05, 0) is 122 Å². The predicted molar refractivity (Wildman–Crippen MR) is 421 cm³/mol. The first-order valence-electron chi connectivity index (χ1n) is 31.9. The summed E-state index contributed by atoms with van der Waals surface area (Å²) < 4.78 is 29.5. The van der Waals surface area contributed by atoms with Crippen molar-refractivity contribution in [2.45, 2.75) is 50.3 Å². The molecule has 0 unspecified atom stereocenters. The molecule has 2 N–H and O–H groups in total. The number of ether oxygens (including phenoxy) is 4. The second-order valence-electron chi connectivity index (χ2n) is 23.7. The lowest BCUT2D eigenvalue weighted by atomic mass is 9.93. The zero-order valence-corrected chi connectivity index (χ0v) is 62.8. The molecule has 4 fully saturated rings. The van der Waals surface area contributed by atoms with Crippen LogP contribution in [0, 0.1) is 0 Å². The Morgan fingerprint density at radius 3 is 1.16 bits per heavy atom. The molecule has 4 saturated heterocycles. The second kappa shape index (κ2) is 34.7. The van der Waals surface area contributed by atoms with Crippen LogP contribution in [-0.4, -0.2) is 86.1 Å². The Kier molecular flexibility index (Phi) is 25.7. The van der Waals surface area contributed by atoms with Gasteiger partial charge in [-0.3, -0.25) is 19.2 Å². The number of aliphatic imine (C=N–C) groups is 1. The summed E-state index contributed by atoms with van der Waals surface area (Å²) in [6.07, 6.45) is 0.340. The highest BCUT2D eigenvalue weighted by Gasteiger charge is 2.48. The smallest absolute Gasteiger partial charge is 0.259 e. The Labute approximate surface area is 622 Å². The van der Waals surface area contributed by atoms with Crippen LogP contribution in [-0.2, 0) is 41.4 Å². The van der Waals surface area contributed by atoms with Gasteiger partial charge in [-0.1, -0.05) is 285 Å². The monoisotopic (exact) mass is 1580 g/mol. The summed E-state index contributed by atoms with van der Waals surface area (Å²) in [4.78, 5) is 34.1. The molecule has 4 aliphatic rings. The molecule has 14 rings (SSSR count). The Balaban J connectivity index is 0.000000135. The van der Waals surface area contributed by atoms with Gasteiger partial charge < -0.3 is 29.6 Å². The van der Waals surface area contributed by atoms with Crippen LogP contribution in [0.5, 0.6) is 0 Å². The number of halogens is 6. The van der Waals surface area contributed by atoms with Crippen molar-refractivity contribution >= 4 is 172 Å². The van der Waals surface area contributed by atoms with Gasteiger partial charge >= 0.3 is 0 Å². The van der Waals surface area contributed by atoms with E-state index in [2.05, 4.69) is 229 Å². The number of amides is 2. The summed E-state index contributed by atoms with van der Waals surface area (Å²) in [7, 11) is -2.59. The lowest BCUT2D eigenvalue weighted by Gasteiger charge is -2.27. The van der Waals surface area contributed by atoms with Gasteiger partial charge in [0, 0.05) is 57.8 Å². The fraction of sp³-hybridized carbons (Fsp3) is 0.179. The molecule has 4 aliphatic heterocycles. The van der Waals surface area contributed by atoms with Crippen LogP contribution in [0.1, 0.15) is 25.0 Å². The van der Waals surface area contributed by atoms with Crippen molar-refractivity contribution in [3.63, 3.8) is 0 Å². The first-order chi connectivity index (χ1) is 48.0. The molecule has 99 heavy (non-hydrogen) atoms. The zero-order chi connectivity index (χ0) is 69.4. The van der Waals surface area contributed by atoms with Crippen LogP contribution in [0.2, 0.25) is 20.1 Å². The third kappa shape index (κ3) is 18.8. The summed E-state index contributed by atoms with van der Waals surface area (Å²) in [6, 6.07) is 89.9. The molecule has 21 heteroatoms. The van der Waals surface area contributed by atoms with Gasteiger partial charge in [0.2, 0.25) is 5.96 Å². The molecular formula is C78H70Br2Cl4N6O6P2S. The number of hydrogen-bond acceptors (Lipinski definition) is 9. The highest BCUT2D eigenvalue weighted by molar-refractivity contribution is 9.10. The average Bonchev–Trinajstić information content (AvgIpc) is 1.76. The van der Waals surface area contributed by atoms with Crippen molar-refractivity contribution in [1.29, 1.82) is 0 Å². The number of guanidine groups is 1. The molecule has 12 nitrogen and oxygen atoms in total. The van der Waals surface area contributed by atoms with Crippen LogP contribution < -0.4 is 52.3 Å². The Hall–Kier alpha value is -6.88. The summed E-state index contributed by atoms with van der Waals surface area (Å²) in [6.45, 7) is 6.88. The van der Waals surface area contributed by atoms with Crippen LogP contribution in [0.25, 0.3) is 0 Å². The van der Waals surface area contributed by atoms with Crippen molar-refractivity contribution < 1.29 is 28.5 Å². The minimum Gasteiger partial charge on any atom is -0.348 e. The summed E-state index contributed by atoms with van der Waals surface area (Å²) in [5.41, 5.74) is 1.47. The fourth-order valence-corrected chi connectivity index (χ4v) is 19.6. The second-order valence-corrected chi connectivity index (χ2v) is 33.0. The Morgan fingerprint density at radius 1 is 0.465 bits per heavy atom. The predicted octanol–water partition coefficient (Wildman–Crippen LogP) is 16.4. The van der Waals surface area contributed by atoms with Crippen molar-refractivity contribution in [3.05, 3.63) is 307 Å². The van der Waals surface area contributed by atoms with Gasteiger partial charge in [0.15, 0.2) is 17.7 Å². The van der Waals surface area contributed by atoms with Crippen molar-refractivity contribution in [1.82, 2.24) is 10.6 Å². The molecule has 0 radical (unpaired) electrons. The number of benzene rings is 10. The van der Waals surface area contributed by atoms with Crippen LogP contribution in [0.4, 0.5) is 11.4 Å². The summed E-state index contributed by atoms with van der Waals surface area (Å²) >= 11 is 36.7. The molecule has 0 bridgehead atoms. The molecule has 0 aromatic heterocycles. The normalized spacial score (nSPS) is 18.0. The average molecular weight is 1580 g/mol. The maximum Gasteiger partial charge on any atom is 0.259 e. The molecule has 10 aromatic carbocycles. The van der Waals surface area contributed by atoms with Crippen molar-refractivity contribution in [2.75, 3.05) is 49.3 Å². The highest BCUT2D eigenvalue weighted by Crippen LogP contribution is 2.47. The minimum absolute atomic E-state index is 0.131. The van der Waals surface area contributed by atoms with E-state index in [9.17, 15) is 9.59 Å². The third-order valence-electron chi connectivity index (χ3n) is 16.3. The summed E-state index contributed by atoms with van der Waals surface area (Å²) in [5.74, 6) is 0.140. The van der Waals surface area contributed by atoms with Gasteiger partial charge in [0.05, 0.1) is 57.9 Å². The quantitative estimate of drug-likeness (QED) is 0.0718. The van der Waals surface area contributed by atoms with Gasteiger partial charge in [0.25, 0.3) is 11.8 Å². The van der Waals surface area contributed by atoms with Crippen LogP contribution in [0.15, 0.2) is 286 Å². The van der Waals surface area contributed by atoms with Gasteiger partial charge in [0.1, 0.15) is 11.1 Å². The van der Waals surface area contributed by atoms with E-state index in [1.807, 2.05) is 62.4 Å². The first kappa shape index (κ1) is 73.3. The standard InChI is InChI=1S/C22H22NO2P.C21H20BrCl2N3O3.C18H15P.C17H13BrCl2N2OS/c1-4-10-19(11-5-1)26(20-12-6-2-7-13-20,21-14-8-3-9-15-21)23-18-22-24-16-17-25-22;1-21(11-13-2-4-14(22)5-3-13)19(28)27(17-9-15(23)8-16(24)10-17)20(26-21)25-12-18-29-6-7-30-18;1-4-10-16(11-5-1)19(17-12-6-2-7-13-17)18-14-8-3-9-15-18;1-17(9-10-2-4-11(18)5-3-10)15(23)22(16(24)21-17)14-7-12(19)6-13(20)8-14/h1-15,22H,16-18H2;2-5,8-10,18H,6-7,11-12H2,1H3,(H,25,26);1-15H;2-8H,9H2,1H3,(H,21,24)/t;21-;;17-/m.1.1/s1. The molecule has 10 aromatic rings. The third-order valence-corrected chi connectivity index (χ3v) is 24.7. The summed E-state index contributed by atoms with van der Waals surface area (Å²) in [5, 5.41) is 16.5. The number of hydrogen-bond donors (Lipinski definition) is 2. The SMILES string of the molecule is C[C@]1(Cc2ccc(Br)cc2)NC(=NCC2OCCO2)N(c2cc(Cl)cc(Cl)c2)C1=O.C[C@]1(Cc2ccc(Br)cc2)NC(=S)N(c2cc(Cl)cc(Cl)c2)C1=O.c1ccc(P(=NCC2OCCO2)(c2ccccc2)c2ccccc2)cc1.c1ccc(P(c2ccccc2)c2ccccc2)cc1. The van der Waals surface area contributed by atoms with E-state index in [0.717, 1.165) is 20.1 Å². The minimum atomic E-state index is -2.14. The van der Waals surface area contributed by atoms with Crippen molar-refractivity contribution in [3.8, 4) is 0 Å². The van der Waals surface area contributed by atoms with E-state index in [1.165, 1.54) is 41.6 Å². The molecule has 0 aliphatic carbocycles. The van der Waals surface area contributed by atoms with E-state index in [0.29, 0.717) is 88.4 Å². The maximum atomic E-state index is 13.6. The molecule has 2 amide bonds. The van der Waals surface area contributed by atoms with Crippen LogP contribution >= 0.6 is 105 Å². The van der Waals surface area contributed by atoms with Gasteiger partial charge in [-0.2, -0.15) is 0 Å². The molecule has 0 saturated carbocycles. The van der Waals surface area contributed by atoms with E-state index < -0.39 is 32.3 Å². The van der Waals surface area contributed by atoms with Crippen LogP contribution in [0.3, 0.4) is 0 Å². The lowest BCUT2D eigenvalue weighted by molar-refractivity contribution is -0.122. The Morgan fingerprint density at radius 2 is 0.788 bits per heavy atom. The topological polar surface area (TPSA) is 126 Å². The van der Waals surface area contributed by atoms with E-state index in [-0.39, 0.29) is 24.6 Å². The number of nitrogens with zero attached hydrogens (tertiary/aromatic N) is 4. The van der Waals surface area contributed by atoms with E-state index in [4.69, 9.17) is 82.3 Å². The number of carbonyl (C=O) groups is 2. The number of carbonyl (C=O) groups excluding carboxylic acids is 2. The first-order valence-corrected chi connectivity index (χ1v) is 38.5. The molecular weight excluding hydrogens is 1510 g/mol. The van der Waals surface area contributed by atoms with E-state index >= 15 is 0 Å². The largest absolute Gasteiger partial charge is 0.348 e. The van der Waals surface area contributed by atoms with Gasteiger partial charge in [-0.15, -0.1) is 0 Å². The molecule has 506 valence electrons. The Bertz CT molecular complexity index is 4210. The lowest BCUT2D eigenvalue weighted by Crippen LogP contribution is -2.46. The maximum absolute atomic E-state index is 13.6. The van der Waals surface area contributed by atoms with Gasteiger partial charge in [-0.25, -0.2) is 9.89 Å². The zero-order valence-electron chi connectivity index (χ0n) is 54.0. The molecule has 4 heterocycles. The molecule has 2 atom stereocenters. The fourth-order valence-electron chi connectivity index (χ4n) is 11.7. The highest BCUT2D eigenvalue weighted by atomic mass is 79.9. The number of nitrogens with one attached hydrogen (secondary N) is 2. The number of rotatable bonds is 16. The molecule has 0 spiro atoms. The van der Waals surface area contributed by atoms with Crippen molar-refractivity contribution in [2.24, 2.45) is 9.74 Å². The number of thiocarbonyl (C=S) groups is 1. The number of anilines is 2.